The number of rotatable bonds is 4. The fraction of sp³-hybridized carbons (Fsp3) is 0.417. The van der Waals surface area contributed by atoms with Crippen LogP contribution in [0.1, 0.15) is 19.8 Å². The Balaban J connectivity index is 2.35. The molecule has 1 fully saturated rings. The number of aliphatic carboxylic acids is 1. The number of nitrogens with two attached hydrogens (primary N) is 1. The Bertz CT molecular complexity index is 514. The van der Waals surface area contributed by atoms with E-state index in [4.69, 9.17) is 10.8 Å². The van der Waals surface area contributed by atoms with Gasteiger partial charge in [-0.1, -0.05) is 13.0 Å². The molecule has 2 aliphatic heterocycles. The first kappa shape index (κ1) is 13.8. The molecular weight excluding hydrogens is 268 g/mol. The quantitative estimate of drug-likeness (QED) is 0.573. The fourth-order valence-electron chi connectivity index (χ4n) is 1.95. The Hall–Kier alpha value is -1.60. The summed E-state index contributed by atoms with van der Waals surface area (Å²) in [5.41, 5.74) is 5.78. The summed E-state index contributed by atoms with van der Waals surface area (Å²) < 4.78 is 0. The fourth-order valence-corrected chi connectivity index (χ4v) is 3.33. The van der Waals surface area contributed by atoms with E-state index in [9.17, 15) is 14.4 Å². The molecule has 1 amide bonds. The number of allylic oxidation sites excluding steroid dienone is 1. The third-order valence-corrected chi connectivity index (χ3v) is 4.32. The van der Waals surface area contributed by atoms with Gasteiger partial charge < -0.3 is 10.8 Å². The molecule has 0 aromatic heterocycles. The summed E-state index contributed by atoms with van der Waals surface area (Å²) in [6.45, 7) is 1.88. The van der Waals surface area contributed by atoms with E-state index < -0.39 is 10.8 Å². The van der Waals surface area contributed by atoms with Crippen LogP contribution in [0.3, 0.4) is 0 Å². The number of carboxylic acids is 1. The van der Waals surface area contributed by atoms with Gasteiger partial charge in [-0.05, 0) is 18.6 Å². The smallest absolute Gasteiger partial charge is 0.352 e. The Morgan fingerprint density at radius 3 is 2.89 bits per heavy atom. The van der Waals surface area contributed by atoms with Crippen molar-refractivity contribution in [2.24, 2.45) is 5.73 Å². The van der Waals surface area contributed by atoms with Crippen LogP contribution in [0.25, 0.3) is 0 Å². The minimum Gasteiger partial charge on any atom is -0.477 e. The maximum atomic E-state index is 12.0. The van der Waals surface area contributed by atoms with Crippen molar-refractivity contribution >= 4 is 29.4 Å². The van der Waals surface area contributed by atoms with E-state index in [1.807, 2.05) is 6.92 Å². The molecule has 6 nitrogen and oxygen atoms in total. The molecular formula is C12H14N2O4S. The first-order chi connectivity index (χ1) is 8.89. The zero-order valence-electron chi connectivity index (χ0n) is 10.3. The molecule has 0 bridgehead atoms. The third-order valence-electron chi connectivity index (χ3n) is 2.96. The van der Waals surface area contributed by atoms with Crippen LogP contribution < -0.4 is 5.73 Å². The molecule has 1 unspecified atom stereocenters. The van der Waals surface area contributed by atoms with E-state index in [1.54, 1.807) is 6.08 Å². The molecule has 102 valence electrons. The van der Waals surface area contributed by atoms with Crippen molar-refractivity contribution in [1.82, 2.24) is 4.90 Å². The summed E-state index contributed by atoms with van der Waals surface area (Å²) in [4.78, 5) is 34.4. The number of fused-ring (bicyclic) bond motifs is 1. The molecule has 0 radical (unpaired) electrons. The Labute approximate surface area is 114 Å². The molecule has 7 heteroatoms. The molecule has 19 heavy (non-hydrogen) atoms. The summed E-state index contributed by atoms with van der Waals surface area (Å²) in [6, 6.07) is 0. The lowest BCUT2D eigenvalue weighted by Crippen LogP contribution is -2.59. The second-order valence-electron chi connectivity index (χ2n) is 4.34. The van der Waals surface area contributed by atoms with Crippen LogP contribution in [-0.4, -0.2) is 37.9 Å². The Morgan fingerprint density at radius 1 is 1.68 bits per heavy atom. The van der Waals surface area contributed by atoms with E-state index in [0.29, 0.717) is 6.42 Å². The average molecular weight is 282 g/mol. The predicted molar refractivity (Wildman–Crippen MR) is 69.9 cm³/mol. The lowest BCUT2D eigenvalue weighted by Gasteiger charge is -2.46. The van der Waals surface area contributed by atoms with Crippen molar-refractivity contribution in [1.29, 1.82) is 0 Å². The van der Waals surface area contributed by atoms with Gasteiger partial charge in [-0.15, -0.1) is 11.8 Å². The van der Waals surface area contributed by atoms with E-state index >= 15 is 0 Å². The second-order valence-corrected chi connectivity index (χ2v) is 5.80. The molecule has 0 aliphatic carbocycles. The van der Waals surface area contributed by atoms with Crippen LogP contribution in [0.2, 0.25) is 0 Å². The molecule has 1 saturated heterocycles. The van der Waals surface area contributed by atoms with Gasteiger partial charge >= 0.3 is 5.97 Å². The van der Waals surface area contributed by atoms with Crippen LogP contribution in [0.15, 0.2) is 23.9 Å². The van der Waals surface area contributed by atoms with Crippen molar-refractivity contribution < 1.29 is 19.5 Å². The minimum atomic E-state index is -1.42. The average Bonchev–Trinajstić information content (AvgIpc) is 2.33. The maximum absolute atomic E-state index is 12.0. The van der Waals surface area contributed by atoms with Gasteiger partial charge in [-0.2, -0.15) is 0 Å². The van der Waals surface area contributed by atoms with Gasteiger partial charge in [0.05, 0.1) is 11.8 Å². The number of amides is 1. The van der Waals surface area contributed by atoms with Crippen LogP contribution in [-0.2, 0) is 14.4 Å². The molecule has 0 saturated carbocycles. The summed E-state index contributed by atoms with van der Waals surface area (Å²) in [7, 11) is 0. The molecule has 0 aromatic rings. The number of ketones is 1. The summed E-state index contributed by atoms with van der Waals surface area (Å²) in [6.07, 6.45) is 5.09. The molecule has 2 rings (SSSR count). The monoisotopic (exact) mass is 282 g/mol. The van der Waals surface area contributed by atoms with Crippen LogP contribution in [0.4, 0.5) is 0 Å². The summed E-state index contributed by atoms with van der Waals surface area (Å²) in [5.74, 6) is -1.87. The molecule has 2 aliphatic rings. The highest BCUT2D eigenvalue weighted by Gasteiger charge is 2.51. The summed E-state index contributed by atoms with van der Waals surface area (Å²) >= 11 is 1.11. The Kier molecular flexibility index (Phi) is 3.51. The second kappa shape index (κ2) is 4.82. The lowest BCUT2D eigenvalue weighted by atomic mass is 10.1. The lowest BCUT2D eigenvalue weighted by molar-refractivity contribution is -0.146. The van der Waals surface area contributed by atoms with Crippen molar-refractivity contribution in [3.63, 3.8) is 0 Å². The van der Waals surface area contributed by atoms with Crippen LogP contribution >= 0.6 is 11.8 Å². The highest BCUT2D eigenvalue weighted by atomic mass is 32.2. The van der Waals surface area contributed by atoms with E-state index in [0.717, 1.165) is 17.8 Å². The van der Waals surface area contributed by atoms with Crippen LogP contribution in [0.5, 0.6) is 0 Å². The van der Waals surface area contributed by atoms with E-state index in [2.05, 4.69) is 0 Å². The number of carbonyl (C=O) groups is 3. The molecule has 0 spiro atoms. The number of carboxylic acid groups (broad SMARTS) is 1. The van der Waals surface area contributed by atoms with Crippen molar-refractivity contribution in [3.05, 3.63) is 23.9 Å². The van der Waals surface area contributed by atoms with Gasteiger partial charge in [0.25, 0.3) is 0 Å². The molecule has 2 atom stereocenters. The normalized spacial score (nSPS) is 29.8. The summed E-state index contributed by atoms with van der Waals surface area (Å²) in [5, 5.41) is 8.74. The zero-order valence-corrected chi connectivity index (χ0v) is 11.1. The van der Waals surface area contributed by atoms with Crippen molar-refractivity contribution in [2.45, 2.75) is 30.0 Å². The zero-order chi connectivity index (χ0) is 14.2. The number of carbonyl (C=O) groups excluding carboxylic acids is 2. The number of hydrogen-bond acceptors (Lipinski definition) is 5. The van der Waals surface area contributed by atoms with Crippen LogP contribution in [0, 0.1) is 0 Å². The van der Waals surface area contributed by atoms with Gasteiger partial charge in [0.2, 0.25) is 5.91 Å². The SMILES string of the molecule is CCC=CC(=O)C1(N)C=C(C(=O)O)N2C(=O)C[C@H]2S1. The first-order valence-electron chi connectivity index (χ1n) is 5.85. The number of nitrogens with zero attached hydrogens (tertiary/aromatic N) is 1. The van der Waals surface area contributed by atoms with Gasteiger partial charge in [0.15, 0.2) is 5.78 Å². The topological polar surface area (TPSA) is 101 Å². The first-order valence-corrected chi connectivity index (χ1v) is 6.73. The number of thioether (sulfide) groups is 1. The Morgan fingerprint density at radius 2 is 2.37 bits per heavy atom. The predicted octanol–water partition coefficient (Wildman–Crippen LogP) is 0.450. The highest BCUT2D eigenvalue weighted by Crippen LogP contribution is 2.44. The third kappa shape index (κ3) is 2.31. The van der Waals surface area contributed by atoms with Gasteiger partial charge in [0, 0.05) is 0 Å². The largest absolute Gasteiger partial charge is 0.477 e. The number of hydrogen-bond donors (Lipinski definition) is 2. The molecule has 3 N–H and O–H groups in total. The van der Waals surface area contributed by atoms with E-state index in [-0.39, 0.29) is 29.2 Å². The van der Waals surface area contributed by atoms with Gasteiger partial charge in [0.1, 0.15) is 10.6 Å². The molecule has 2 heterocycles. The van der Waals surface area contributed by atoms with Gasteiger partial charge in [-0.25, -0.2) is 4.79 Å². The molecule has 0 aromatic carbocycles. The standard InChI is InChI=1S/C12H14N2O4S/c1-2-3-4-8(15)12(13)6-7(11(17)18)14-9(16)5-10(14)19-12/h3-4,6,10H,2,5,13H2,1H3,(H,17,18)/t10-,12?/m1/s1. The minimum absolute atomic E-state index is 0.207. The van der Waals surface area contributed by atoms with Gasteiger partial charge in [-0.3, -0.25) is 14.5 Å². The number of β-lactam (4-membered cyclic amide) rings is 1. The highest BCUT2D eigenvalue weighted by molar-refractivity contribution is 8.02. The van der Waals surface area contributed by atoms with Crippen molar-refractivity contribution in [2.75, 3.05) is 0 Å². The maximum Gasteiger partial charge on any atom is 0.352 e. The van der Waals surface area contributed by atoms with E-state index in [1.165, 1.54) is 11.0 Å². The van der Waals surface area contributed by atoms with Crippen molar-refractivity contribution in [3.8, 4) is 0 Å².